The Balaban J connectivity index is 1.77. The van der Waals surface area contributed by atoms with E-state index in [1.807, 2.05) is 9.80 Å². The van der Waals surface area contributed by atoms with E-state index >= 15 is 0 Å². The molecule has 130 valence electrons. The standard InChI is InChI=1S/C17H16F3N5/c18-17(19,20)14-5-1-6-15(23-14)24-8-3-9-25(11-10-24)16-13(12-21)4-2-7-22-16/h1-2,4-7H,3,8-11H2. The van der Waals surface area contributed by atoms with Gasteiger partial charge in [0.05, 0.1) is 5.56 Å². The largest absolute Gasteiger partial charge is 0.433 e. The van der Waals surface area contributed by atoms with Crippen LogP contribution in [0.4, 0.5) is 24.8 Å². The fraction of sp³-hybridized carbons (Fsp3) is 0.353. The first-order valence-electron chi connectivity index (χ1n) is 7.88. The van der Waals surface area contributed by atoms with Crippen LogP contribution in [0.3, 0.4) is 0 Å². The Bertz CT molecular complexity index is 784. The van der Waals surface area contributed by atoms with Crippen LogP contribution in [0.2, 0.25) is 0 Å². The van der Waals surface area contributed by atoms with Crippen LogP contribution in [0.5, 0.6) is 0 Å². The van der Waals surface area contributed by atoms with Crippen molar-refractivity contribution in [2.45, 2.75) is 12.6 Å². The topological polar surface area (TPSA) is 56.1 Å². The lowest BCUT2D eigenvalue weighted by molar-refractivity contribution is -0.141. The number of rotatable bonds is 2. The number of nitriles is 1. The molecular weight excluding hydrogens is 331 g/mol. The molecule has 0 amide bonds. The van der Waals surface area contributed by atoms with Gasteiger partial charge >= 0.3 is 6.18 Å². The molecule has 1 aliphatic rings. The lowest BCUT2D eigenvalue weighted by Gasteiger charge is -2.24. The SMILES string of the molecule is N#Cc1cccnc1N1CCCN(c2cccc(C(F)(F)F)n2)CC1. The first-order chi connectivity index (χ1) is 12.0. The van der Waals surface area contributed by atoms with Crippen LogP contribution in [-0.4, -0.2) is 36.1 Å². The summed E-state index contributed by atoms with van der Waals surface area (Å²) in [5.41, 5.74) is -0.393. The molecule has 3 rings (SSSR count). The number of halogens is 3. The van der Waals surface area contributed by atoms with Crippen molar-refractivity contribution >= 4 is 11.6 Å². The Hall–Kier alpha value is -2.82. The fourth-order valence-corrected chi connectivity index (χ4v) is 2.85. The van der Waals surface area contributed by atoms with Crippen molar-refractivity contribution in [1.82, 2.24) is 9.97 Å². The van der Waals surface area contributed by atoms with Gasteiger partial charge in [-0.05, 0) is 30.7 Å². The van der Waals surface area contributed by atoms with Crippen molar-refractivity contribution in [2.75, 3.05) is 36.0 Å². The first kappa shape index (κ1) is 17.0. The molecular formula is C17H16F3N5. The van der Waals surface area contributed by atoms with Crippen molar-refractivity contribution in [3.8, 4) is 6.07 Å². The normalized spacial score (nSPS) is 15.6. The number of pyridine rings is 2. The van der Waals surface area contributed by atoms with Gasteiger partial charge in [0.15, 0.2) is 0 Å². The van der Waals surface area contributed by atoms with Crippen molar-refractivity contribution in [2.24, 2.45) is 0 Å². The second-order valence-corrected chi connectivity index (χ2v) is 5.69. The quantitative estimate of drug-likeness (QED) is 0.836. The van der Waals surface area contributed by atoms with Crippen molar-refractivity contribution < 1.29 is 13.2 Å². The van der Waals surface area contributed by atoms with Crippen molar-refractivity contribution in [3.05, 3.63) is 47.8 Å². The number of hydrogen-bond acceptors (Lipinski definition) is 5. The lowest BCUT2D eigenvalue weighted by Crippen LogP contribution is -2.32. The van der Waals surface area contributed by atoms with E-state index in [0.29, 0.717) is 43.4 Å². The molecule has 0 saturated carbocycles. The molecule has 0 aromatic carbocycles. The Labute approximate surface area is 143 Å². The molecule has 0 radical (unpaired) electrons. The van der Waals surface area contributed by atoms with E-state index in [-0.39, 0.29) is 0 Å². The molecule has 5 nitrogen and oxygen atoms in total. The van der Waals surface area contributed by atoms with Crippen LogP contribution in [0.15, 0.2) is 36.5 Å². The Morgan fingerprint density at radius 3 is 2.52 bits per heavy atom. The Morgan fingerprint density at radius 1 is 1.00 bits per heavy atom. The van der Waals surface area contributed by atoms with Crippen LogP contribution in [0.1, 0.15) is 17.7 Å². The van der Waals surface area contributed by atoms with Crippen LogP contribution in [-0.2, 0) is 6.18 Å². The van der Waals surface area contributed by atoms with Gasteiger partial charge in [0.25, 0.3) is 0 Å². The van der Waals surface area contributed by atoms with Gasteiger partial charge in [0, 0.05) is 32.4 Å². The smallest absolute Gasteiger partial charge is 0.355 e. The predicted molar refractivity (Wildman–Crippen MR) is 87.2 cm³/mol. The molecule has 3 heterocycles. The number of anilines is 2. The van der Waals surface area contributed by atoms with Gasteiger partial charge in [-0.1, -0.05) is 6.07 Å². The minimum atomic E-state index is -4.45. The van der Waals surface area contributed by atoms with E-state index in [4.69, 9.17) is 0 Å². The zero-order valence-corrected chi connectivity index (χ0v) is 13.4. The van der Waals surface area contributed by atoms with Gasteiger partial charge in [-0.25, -0.2) is 9.97 Å². The predicted octanol–water partition coefficient (Wildman–Crippen LogP) is 3.08. The highest BCUT2D eigenvalue weighted by Gasteiger charge is 2.33. The first-order valence-corrected chi connectivity index (χ1v) is 7.88. The van der Waals surface area contributed by atoms with Crippen LogP contribution >= 0.6 is 0 Å². The van der Waals surface area contributed by atoms with Crippen LogP contribution in [0, 0.1) is 11.3 Å². The zero-order valence-electron chi connectivity index (χ0n) is 13.4. The molecule has 0 unspecified atom stereocenters. The second kappa shape index (κ2) is 6.97. The number of aromatic nitrogens is 2. The van der Waals surface area contributed by atoms with E-state index < -0.39 is 11.9 Å². The van der Waals surface area contributed by atoms with E-state index in [1.165, 1.54) is 6.07 Å². The van der Waals surface area contributed by atoms with Gasteiger partial charge in [0.2, 0.25) is 0 Å². The van der Waals surface area contributed by atoms with Gasteiger partial charge < -0.3 is 9.80 Å². The average molecular weight is 347 g/mol. The molecule has 1 fully saturated rings. The third-order valence-corrected chi connectivity index (χ3v) is 4.05. The van der Waals surface area contributed by atoms with Gasteiger partial charge in [-0.15, -0.1) is 0 Å². The van der Waals surface area contributed by atoms with Gasteiger partial charge in [0.1, 0.15) is 23.4 Å². The summed E-state index contributed by atoms with van der Waals surface area (Å²) in [6.07, 6.45) is -2.09. The number of nitrogens with zero attached hydrogens (tertiary/aromatic N) is 5. The van der Waals surface area contributed by atoms with Crippen molar-refractivity contribution in [1.29, 1.82) is 5.26 Å². The maximum absolute atomic E-state index is 12.9. The van der Waals surface area contributed by atoms with E-state index in [1.54, 1.807) is 24.4 Å². The molecule has 0 N–H and O–H groups in total. The fourth-order valence-electron chi connectivity index (χ4n) is 2.85. The molecule has 0 atom stereocenters. The summed E-state index contributed by atoms with van der Waals surface area (Å²) >= 11 is 0. The van der Waals surface area contributed by atoms with Crippen LogP contribution in [0.25, 0.3) is 0 Å². The molecule has 1 saturated heterocycles. The van der Waals surface area contributed by atoms with Crippen molar-refractivity contribution in [3.63, 3.8) is 0 Å². The van der Waals surface area contributed by atoms with E-state index in [2.05, 4.69) is 16.0 Å². The summed E-state index contributed by atoms with van der Waals surface area (Å²) in [4.78, 5) is 11.9. The summed E-state index contributed by atoms with van der Waals surface area (Å²) in [6, 6.07) is 9.48. The molecule has 25 heavy (non-hydrogen) atoms. The van der Waals surface area contributed by atoms with E-state index in [0.717, 1.165) is 12.5 Å². The summed E-state index contributed by atoms with van der Waals surface area (Å²) in [7, 11) is 0. The summed E-state index contributed by atoms with van der Waals surface area (Å²) in [5, 5.41) is 9.21. The van der Waals surface area contributed by atoms with Crippen LogP contribution < -0.4 is 9.80 Å². The molecule has 2 aromatic rings. The summed E-state index contributed by atoms with van der Waals surface area (Å²) in [5.74, 6) is 0.932. The highest BCUT2D eigenvalue weighted by molar-refractivity contribution is 5.54. The Kier molecular flexibility index (Phi) is 4.74. The molecule has 8 heteroatoms. The molecule has 2 aromatic heterocycles. The maximum atomic E-state index is 12.9. The molecule has 0 spiro atoms. The monoisotopic (exact) mass is 347 g/mol. The second-order valence-electron chi connectivity index (χ2n) is 5.69. The summed E-state index contributed by atoms with van der Waals surface area (Å²) in [6.45, 7) is 2.35. The van der Waals surface area contributed by atoms with Gasteiger partial charge in [-0.3, -0.25) is 0 Å². The highest BCUT2D eigenvalue weighted by Crippen LogP contribution is 2.29. The summed E-state index contributed by atoms with van der Waals surface area (Å²) < 4.78 is 38.6. The third kappa shape index (κ3) is 3.82. The third-order valence-electron chi connectivity index (χ3n) is 4.05. The Morgan fingerprint density at radius 2 is 1.76 bits per heavy atom. The molecule has 0 aliphatic carbocycles. The number of hydrogen-bond donors (Lipinski definition) is 0. The van der Waals surface area contributed by atoms with E-state index in [9.17, 15) is 18.4 Å². The lowest BCUT2D eigenvalue weighted by atomic mass is 10.2. The average Bonchev–Trinajstić information content (AvgIpc) is 2.87. The molecule has 0 bridgehead atoms. The van der Waals surface area contributed by atoms with Gasteiger partial charge in [-0.2, -0.15) is 18.4 Å². The highest BCUT2D eigenvalue weighted by atomic mass is 19.4. The minimum absolute atomic E-state index is 0.318. The zero-order chi connectivity index (χ0) is 17.9. The maximum Gasteiger partial charge on any atom is 0.433 e. The molecule has 1 aliphatic heterocycles. The minimum Gasteiger partial charge on any atom is -0.355 e. The number of alkyl halides is 3.